The largest absolute Gasteiger partial charge is 0.491 e. The second kappa shape index (κ2) is 18.0. The van der Waals surface area contributed by atoms with E-state index in [4.69, 9.17) is 4.74 Å². The minimum Gasteiger partial charge on any atom is -0.491 e. The molecular formula is C35H53N3O2S. The van der Waals surface area contributed by atoms with Crippen LogP contribution in [0.2, 0.25) is 0 Å². The number of carbonyl (C=O) groups is 1. The van der Waals surface area contributed by atoms with Crippen molar-refractivity contribution in [2.24, 2.45) is 0 Å². The van der Waals surface area contributed by atoms with Crippen LogP contribution in [0.3, 0.4) is 0 Å². The van der Waals surface area contributed by atoms with E-state index >= 15 is 0 Å². The lowest BCUT2D eigenvalue weighted by atomic mass is 9.86. The molecule has 2 aromatic carbocycles. The van der Waals surface area contributed by atoms with Crippen molar-refractivity contribution in [3.05, 3.63) is 65.2 Å². The predicted octanol–water partition coefficient (Wildman–Crippen LogP) is 10.7. The van der Waals surface area contributed by atoms with Crippen LogP contribution in [0.5, 0.6) is 5.75 Å². The molecule has 2 N–H and O–H groups in total. The summed E-state index contributed by atoms with van der Waals surface area (Å²) in [5.41, 5.74) is 3.70. The first kappa shape index (κ1) is 32.9. The van der Waals surface area contributed by atoms with Crippen LogP contribution in [0.15, 0.2) is 54.1 Å². The average Bonchev–Trinajstić information content (AvgIpc) is 3.45. The van der Waals surface area contributed by atoms with Gasteiger partial charge in [-0.2, -0.15) is 0 Å². The van der Waals surface area contributed by atoms with Gasteiger partial charge in [0.05, 0.1) is 18.2 Å². The molecule has 0 atom stereocenters. The van der Waals surface area contributed by atoms with Gasteiger partial charge in [-0.15, -0.1) is 11.8 Å². The monoisotopic (exact) mass is 579 g/mol. The van der Waals surface area contributed by atoms with Gasteiger partial charge in [0.25, 0.3) is 0 Å². The third-order valence-electron chi connectivity index (χ3n) is 7.52. The van der Waals surface area contributed by atoms with Crippen LogP contribution >= 0.6 is 11.8 Å². The molecule has 0 aliphatic carbocycles. The molecule has 1 heterocycles. The molecule has 0 unspecified atom stereocenters. The molecule has 5 nitrogen and oxygen atoms in total. The maximum atomic E-state index is 12.9. The number of carbonyl (C=O) groups excluding carboxylic acids is 1. The Kier molecular flexibility index (Phi) is 14.5. The maximum Gasteiger partial charge on any atom is 0.323 e. The number of benzene rings is 2. The summed E-state index contributed by atoms with van der Waals surface area (Å²) in [7, 11) is 0. The van der Waals surface area contributed by atoms with Gasteiger partial charge in [0.15, 0.2) is 0 Å². The fourth-order valence-electron chi connectivity index (χ4n) is 5.12. The van der Waals surface area contributed by atoms with E-state index in [9.17, 15) is 4.79 Å². The molecule has 0 spiro atoms. The molecule has 0 fully saturated rings. The topological polar surface area (TPSA) is 53.6 Å². The van der Waals surface area contributed by atoms with E-state index in [2.05, 4.69) is 73.0 Å². The smallest absolute Gasteiger partial charge is 0.323 e. The molecule has 1 aliphatic rings. The van der Waals surface area contributed by atoms with Crippen molar-refractivity contribution in [2.45, 2.75) is 117 Å². The minimum absolute atomic E-state index is 0.0983. The SMILES string of the molecule is CCCCCCCCCCCCCCOc1c(NC(=O)Nc2ccc(CN3C=CSC3)cc2)cccc1C(C)(C)C. The van der Waals surface area contributed by atoms with Crippen LogP contribution in [-0.2, 0) is 12.0 Å². The third-order valence-corrected chi connectivity index (χ3v) is 8.32. The number of hydrogen-bond donors (Lipinski definition) is 2. The molecule has 0 saturated carbocycles. The normalized spacial score (nSPS) is 13.0. The van der Waals surface area contributed by atoms with E-state index in [1.165, 1.54) is 76.2 Å². The molecule has 2 amide bonds. The van der Waals surface area contributed by atoms with Gasteiger partial charge in [0.1, 0.15) is 5.75 Å². The van der Waals surface area contributed by atoms with Crippen molar-refractivity contribution in [3.8, 4) is 5.75 Å². The van der Waals surface area contributed by atoms with Crippen molar-refractivity contribution >= 4 is 29.2 Å². The van der Waals surface area contributed by atoms with Crippen LogP contribution in [0.4, 0.5) is 16.2 Å². The Bertz CT molecular complexity index is 1060. The predicted molar refractivity (Wildman–Crippen MR) is 178 cm³/mol. The highest BCUT2D eigenvalue weighted by atomic mass is 32.2. The summed E-state index contributed by atoms with van der Waals surface area (Å²) < 4.78 is 6.36. The van der Waals surface area contributed by atoms with Gasteiger partial charge >= 0.3 is 6.03 Å². The quantitative estimate of drug-likeness (QED) is 0.172. The molecule has 2 aromatic rings. The van der Waals surface area contributed by atoms with E-state index in [1.807, 2.05) is 24.3 Å². The number of nitrogens with one attached hydrogen (secondary N) is 2. The van der Waals surface area contributed by atoms with Gasteiger partial charge in [-0.05, 0) is 41.0 Å². The van der Waals surface area contributed by atoms with Crippen molar-refractivity contribution < 1.29 is 9.53 Å². The number of thioether (sulfide) groups is 1. The molecule has 1 aliphatic heterocycles. The number of hydrogen-bond acceptors (Lipinski definition) is 4. The fraction of sp³-hybridized carbons (Fsp3) is 0.571. The first-order valence-electron chi connectivity index (χ1n) is 15.8. The lowest BCUT2D eigenvalue weighted by Crippen LogP contribution is -2.21. The molecule has 3 rings (SSSR count). The Morgan fingerprint density at radius 3 is 2.07 bits per heavy atom. The van der Waals surface area contributed by atoms with Crippen LogP contribution in [-0.4, -0.2) is 23.4 Å². The summed E-state index contributed by atoms with van der Waals surface area (Å²) in [5.74, 6) is 1.77. The molecule has 41 heavy (non-hydrogen) atoms. The van der Waals surface area contributed by atoms with Gasteiger partial charge in [-0.3, -0.25) is 0 Å². The van der Waals surface area contributed by atoms with Gasteiger partial charge in [0.2, 0.25) is 0 Å². The number of rotatable bonds is 18. The molecule has 226 valence electrons. The number of anilines is 2. The van der Waals surface area contributed by atoms with E-state index in [-0.39, 0.29) is 11.4 Å². The second-order valence-corrected chi connectivity index (χ2v) is 13.1. The van der Waals surface area contributed by atoms with E-state index in [0.29, 0.717) is 12.3 Å². The Morgan fingerprint density at radius 1 is 0.854 bits per heavy atom. The van der Waals surface area contributed by atoms with Crippen LogP contribution in [0, 0.1) is 0 Å². The highest BCUT2D eigenvalue weighted by Crippen LogP contribution is 2.37. The fourth-order valence-corrected chi connectivity index (χ4v) is 5.83. The first-order chi connectivity index (χ1) is 19.9. The van der Waals surface area contributed by atoms with Crippen LogP contribution in [0.25, 0.3) is 0 Å². The summed E-state index contributed by atoms with van der Waals surface area (Å²) in [4.78, 5) is 15.2. The van der Waals surface area contributed by atoms with Crippen LogP contribution < -0.4 is 15.4 Å². The van der Waals surface area contributed by atoms with E-state index < -0.39 is 0 Å². The van der Waals surface area contributed by atoms with Gasteiger partial charge in [-0.1, -0.05) is 123 Å². The Balaban J connectivity index is 1.44. The van der Waals surface area contributed by atoms with Crippen molar-refractivity contribution in [3.63, 3.8) is 0 Å². The zero-order chi connectivity index (χ0) is 29.3. The average molecular weight is 580 g/mol. The van der Waals surface area contributed by atoms with E-state index in [1.54, 1.807) is 11.8 Å². The lowest BCUT2D eigenvalue weighted by molar-refractivity contribution is 0.261. The van der Waals surface area contributed by atoms with Gasteiger partial charge in [-0.25, -0.2) is 4.79 Å². The first-order valence-corrected chi connectivity index (χ1v) is 16.9. The Labute approximate surface area is 253 Å². The van der Waals surface area contributed by atoms with Crippen molar-refractivity contribution in [1.29, 1.82) is 0 Å². The Morgan fingerprint density at radius 2 is 1.49 bits per heavy atom. The Hall–Kier alpha value is -2.60. The minimum atomic E-state index is -0.266. The van der Waals surface area contributed by atoms with Crippen molar-refractivity contribution in [2.75, 3.05) is 23.1 Å². The molecule has 0 aromatic heterocycles. The highest BCUT2D eigenvalue weighted by Gasteiger charge is 2.22. The number of amides is 2. The zero-order valence-corrected chi connectivity index (χ0v) is 26.8. The summed E-state index contributed by atoms with van der Waals surface area (Å²) in [6.45, 7) is 10.4. The molecule has 0 radical (unpaired) electrons. The molecular weight excluding hydrogens is 526 g/mol. The summed E-state index contributed by atoms with van der Waals surface area (Å²) in [6.07, 6.45) is 17.9. The highest BCUT2D eigenvalue weighted by molar-refractivity contribution is 8.02. The number of unbranched alkanes of at least 4 members (excludes halogenated alkanes) is 11. The second-order valence-electron chi connectivity index (χ2n) is 12.3. The molecule has 0 saturated heterocycles. The maximum absolute atomic E-state index is 12.9. The molecule has 0 bridgehead atoms. The zero-order valence-electron chi connectivity index (χ0n) is 26.0. The third kappa shape index (κ3) is 12.4. The van der Waals surface area contributed by atoms with E-state index in [0.717, 1.165) is 35.8 Å². The van der Waals surface area contributed by atoms with Crippen LogP contribution in [0.1, 0.15) is 116 Å². The van der Waals surface area contributed by atoms with Gasteiger partial charge < -0.3 is 20.3 Å². The number of para-hydroxylation sites is 1. The summed E-state index contributed by atoms with van der Waals surface area (Å²) in [6, 6.07) is 13.8. The number of ether oxygens (including phenoxy) is 1. The molecule has 6 heteroatoms. The number of nitrogens with zero attached hydrogens (tertiary/aromatic N) is 1. The number of urea groups is 1. The van der Waals surface area contributed by atoms with Gasteiger partial charge in [0, 0.05) is 24.0 Å². The van der Waals surface area contributed by atoms with Crippen molar-refractivity contribution in [1.82, 2.24) is 4.90 Å². The summed E-state index contributed by atoms with van der Waals surface area (Å²) in [5, 5.41) is 8.14. The summed E-state index contributed by atoms with van der Waals surface area (Å²) >= 11 is 1.80. The lowest BCUT2D eigenvalue weighted by Gasteiger charge is -2.25. The standard InChI is InChI=1S/C35H53N3O2S/c1-5-6-7-8-9-10-11-12-13-14-15-16-25-40-33-31(35(2,3)4)18-17-19-32(33)37-34(39)36-30-22-20-29(21-23-30)27-38-24-26-41-28-38/h17-24,26H,5-16,25,27-28H2,1-4H3,(H2,36,37,39).